The molecule has 104 valence electrons. The lowest BCUT2D eigenvalue weighted by Gasteiger charge is -2.13. The topological polar surface area (TPSA) is 83.6 Å². The van der Waals surface area contributed by atoms with E-state index in [1.165, 1.54) is 0 Å². The molecule has 0 spiro atoms. The number of aryl methyl sites for hydroxylation is 1. The molecular weight excluding hydrogens is 266 g/mol. The SMILES string of the molecule is O=C1CCCc2nc(Nc3nc4ccccc4[nH]3)ncc21. The maximum atomic E-state index is 11.8. The standard InChI is InChI=1S/C15H13N5O/c21-13-7-3-6-10-9(13)8-16-14(17-10)20-15-18-11-4-1-2-5-12(11)19-15/h1-2,4-5,8H,3,6-7H2,(H2,16,17,18,19,20). The smallest absolute Gasteiger partial charge is 0.229 e. The van der Waals surface area contributed by atoms with E-state index in [1.54, 1.807) is 6.20 Å². The van der Waals surface area contributed by atoms with Gasteiger partial charge in [0.05, 0.1) is 22.3 Å². The average Bonchev–Trinajstić information content (AvgIpc) is 2.89. The highest BCUT2D eigenvalue weighted by molar-refractivity contribution is 5.97. The highest BCUT2D eigenvalue weighted by Gasteiger charge is 2.19. The Labute approximate surface area is 120 Å². The largest absolute Gasteiger partial charge is 0.324 e. The molecule has 4 rings (SSSR count). The van der Waals surface area contributed by atoms with Gasteiger partial charge in [-0.3, -0.25) is 10.1 Å². The Hall–Kier alpha value is -2.76. The zero-order valence-electron chi connectivity index (χ0n) is 11.3. The van der Waals surface area contributed by atoms with Gasteiger partial charge in [-0.25, -0.2) is 15.0 Å². The lowest BCUT2D eigenvalue weighted by molar-refractivity contribution is 0.0971. The van der Waals surface area contributed by atoms with Gasteiger partial charge < -0.3 is 4.98 Å². The predicted octanol–water partition coefficient (Wildman–Crippen LogP) is 2.62. The van der Waals surface area contributed by atoms with Crippen molar-refractivity contribution in [2.45, 2.75) is 19.3 Å². The van der Waals surface area contributed by atoms with E-state index in [2.05, 4.69) is 25.3 Å². The molecule has 2 heterocycles. The Morgan fingerprint density at radius 1 is 1.14 bits per heavy atom. The fourth-order valence-electron chi connectivity index (χ4n) is 2.57. The second kappa shape index (κ2) is 4.66. The highest BCUT2D eigenvalue weighted by Crippen LogP contribution is 2.21. The van der Waals surface area contributed by atoms with E-state index < -0.39 is 0 Å². The summed E-state index contributed by atoms with van der Waals surface area (Å²) in [5.41, 5.74) is 3.30. The van der Waals surface area contributed by atoms with Crippen LogP contribution < -0.4 is 5.32 Å². The zero-order valence-corrected chi connectivity index (χ0v) is 11.3. The normalized spacial score (nSPS) is 14.2. The number of ketones is 1. The van der Waals surface area contributed by atoms with Gasteiger partial charge >= 0.3 is 0 Å². The Kier molecular flexibility index (Phi) is 2.67. The van der Waals surface area contributed by atoms with Crippen LogP contribution in [0.25, 0.3) is 11.0 Å². The molecule has 1 aliphatic rings. The molecule has 0 atom stereocenters. The summed E-state index contributed by atoms with van der Waals surface area (Å²) in [4.78, 5) is 28.0. The maximum absolute atomic E-state index is 11.8. The molecule has 1 aromatic carbocycles. The molecule has 0 unspecified atom stereocenters. The first kappa shape index (κ1) is 12.0. The number of rotatable bonds is 2. The number of imidazole rings is 1. The van der Waals surface area contributed by atoms with Crippen LogP contribution in [0.15, 0.2) is 30.5 Å². The van der Waals surface area contributed by atoms with Crippen LogP contribution >= 0.6 is 0 Å². The number of fused-ring (bicyclic) bond motifs is 2. The maximum Gasteiger partial charge on any atom is 0.229 e. The number of nitrogens with zero attached hydrogens (tertiary/aromatic N) is 3. The summed E-state index contributed by atoms with van der Waals surface area (Å²) in [5.74, 6) is 1.19. The van der Waals surface area contributed by atoms with Crippen molar-refractivity contribution in [2.24, 2.45) is 0 Å². The Bertz CT molecular complexity index is 806. The third-order valence-corrected chi connectivity index (χ3v) is 3.61. The average molecular weight is 279 g/mol. The number of hydrogen-bond donors (Lipinski definition) is 2. The predicted molar refractivity (Wildman–Crippen MR) is 78.7 cm³/mol. The Morgan fingerprint density at radius 2 is 2.05 bits per heavy atom. The summed E-state index contributed by atoms with van der Waals surface area (Å²) in [5, 5.41) is 3.06. The third-order valence-electron chi connectivity index (χ3n) is 3.61. The van der Waals surface area contributed by atoms with Crippen molar-refractivity contribution < 1.29 is 4.79 Å². The molecule has 0 fully saturated rings. The molecule has 6 heteroatoms. The van der Waals surface area contributed by atoms with Gasteiger partial charge in [-0.1, -0.05) is 12.1 Å². The van der Waals surface area contributed by atoms with Crippen LogP contribution in [-0.4, -0.2) is 25.7 Å². The molecule has 0 saturated heterocycles. The van der Waals surface area contributed by atoms with E-state index in [4.69, 9.17) is 0 Å². The fraction of sp³-hybridized carbons (Fsp3) is 0.200. The van der Waals surface area contributed by atoms with Gasteiger partial charge in [-0.05, 0) is 25.0 Å². The minimum absolute atomic E-state index is 0.131. The summed E-state index contributed by atoms with van der Waals surface area (Å²) in [6.07, 6.45) is 3.87. The summed E-state index contributed by atoms with van der Waals surface area (Å²) in [7, 11) is 0. The number of para-hydroxylation sites is 2. The number of Topliss-reactive ketones (excluding diaryl/α,β-unsaturated/α-hetero) is 1. The number of H-pyrrole nitrogens is 1. The molecular formula is C15H13N5O. The van der Waals surface area contributed by atoms with E-state index in [9.17, 15) is 4.79 Å². The van der Waals surface area contributed by atoms with Gasteiger partial charge in [-0.15, -0.1) is 0 Å². The highest BCUT2D eigenvalue weighted by atomic mass is 16.1. The number of nitrogens with one attached hydrogen (secondary N) is 2. The number of carbonyl (C=O) groups is 1. The van der Waals surface area contributed by atoms with Gasteiger partial charge in [0.15, 0.2) is 5.78 Å². The molecule has 0 amide bonds. The molecule has 0 saturated carbocycles. The molecule has 0 radical (unpaired) electrons. The fourth-order valence-corrected chi connectivity index (χ4v) is 2.57. The van der Waals surface area contributed by atoms with E-state index in [1.807, 2.05) is 24.3 Å². The number of hydrogen-bond acceptors (Lipinski definition) is 5. The van der Waals surface area contributed by atoms with Gasteiger partial charge in [0.1, 0.15) is 0 Å². The number of benzene rings is 1. The Balaban J connectivity index is 1.66. The van der Waals surface area contributed by atoms with E-state index in [-0.39, 0.29) is 5.78 Å². The van der Waals surface area contributed by atoms with Crippen LogP contribution in [-0.2, 0) is 6.42 Å². The summed E-state index contributed by atoms with van der Waals surface area (Å²) < 4.78 is 0. The lowest BCUT2D eigenvalue weighted by atomic mass is 9.96. The summed E-state index contributed by atoms with van der Waals surface area (Å²) >= 11 is 0. The van der Waals surface area contributed by atoms with Gasteiger partial charge in [0.2, 0.25) is 11.9 Å². The van der Waals surface area contributed by atoms with Crippen LogP contribution in [0.5, 0.6) is 0 Å². The molecule has 21 heavy (non-hydrogen) atoms. The first-order valence-corrected chi connectivity index (χ1v) is 6.90. The van der Waals surface area contributed by atoms with Gasteiger partial charge in [-0.2, -0.15) is 0 Å². The molecule has 0 aliphatic heterocycles. The van der Waals surface area contributed by atoms with Crippen molar-refractivity contribution in [1.29, 1.82) is 0 Å². The number of aromatic nitrogens is 4. The number of carbonyl (C=O) groups excluding carboxylic acids is 1. The van der Waals surface area contributed by atoms with Crippen molar-refractivity contribution >= 4 is 28.7 Å². The molecule has 0 bridgehead atoms. The minimum Gasteiger partial charge on any atom is -0.324 e. The van der Waals surface area contributed by atoms with E-state index >= 15 is 0 Å². The first-order valence-electron chi connectivity index (χ1n) is 6.90. The number of anilines is 2. The van der Waals surface area contributed by atoms with Crippen molar-refractivity contribution in [3.63, 3.8) is 0 Å². The second-order valence-corrected chi connectivity index (χ2v) is 5.06. The molecule has 2 N–H and O–H groups in total. The molecule has 2 aromatic heterocycles. The quantitative estimate of drug-likeness (QED) is 0.753. The van der Waals surface area contributed by atoms with Crippen LogP contribution in [0.3, 0.4) is 0 Å². The van der Waals surface area contributed by atoms with Gasteiger partial charge in [0.25, 0.3) is 0 Å². The summed E-state index contributed by atoms with van der Waals surface area (Å²) in [6.45, 7) is 0. The monoisotopic (exact) mass is 279 g/mol. The molecule has 1 aliphatic carbocycles. The third kappa shape index (κ3) is 2.14. The lowest BCUT2D eigenvalue weighted by Crippen LogP contribution is -2.14. The van der Waals surface area contributed by atoms with Crippen LogP contribution in [0, 0.1) is 0 Å². The van der Waals surface area contributed by atoms with Gasteiger partial charge in [0, 0.05) is 12.6 Å². The minimum atomic E-state index is 0.131. The van der Waals surface area contributed by atoms with Crippen LogP contribution in [0.2, 0.25) is 0 Å². The number of aromatic amines is 1. The molecule has 3 aromatic rings. The van der Waals surface area contributed by atoms with Crippen molar-refractivity contribution in [1.82, 2.24) is 19.9 Å². The van der Waals surface area contributed by atoms with Crippen LogP contribution in [0.4, 0.5) is 11.9 Å². The zero-order chi connectivity index (χ0) is 14.2. The summed E-state index contributed by atoms with van der Waals surface area (Å²) in [6, 6.07) is 7.78. The van der Waals surface area contributed by atoms with E-state index in [0.717, 1.165) is 29.6 Å². The van der Waals surface area contributed by atoms with Crippen molar-refractivity contribution in [2.75, 3.05) is 5.32 Å². The van der Waals surface area contributed by atoms with Crippen LogP contribution in [0.1, 0.15) is 28.9 Å². The van der Waals surface area contributed by atoms with Crippen molar-refractivity contribution in [3.05, 3.63) is 41.7 Å². The second-order valence-electron chi connectivity index (χ2n) is 5.06. The Morgan fingerprint density at radius 3 is 2.95 bits per heavy atom. The van der Waals surface area contributed by atoms with E-state index in [0.29, 0.717) is 23.9 Å². The molecule has 6 nitrogen and oxygen atoms in total. The first-order chi connectivity index (χ1) is 10.3. The van der Waals surface area contributed by atoms with Crippen molar-refractivity contribution in [3.8, 4) is 0 Å².